The monoisotopic (exact) mass is 524 g/mol. The second kappa shape index (κ2) is 18.8. The van der Waals surface area contributed by atoms with E-state index in [9.17, 15) is 4.79 Å². The summed E-state index contributed by atoms with van der Waals surface area (Å²) >= 11 is 0. The zero-order valence-corrected chi connectivity index (χ0v) is 24.8. The van der Waals surface area contributed by atoms with Gasteiger partial charge in [-0.1, -0.05) is 121 Å². The van der Waals surface area contributed by atoms with E-state index < -0.39 is 0 Å². The summed E-state index contributed by atoms with van der Waals surface area (Å²) in [6.07, 6.45) is 16.8. The van der Waals surface area contributed by atoms with Crippen LogP contribution in [0.3, 0.4) is 0 Å². The van der Waals surface area contributed by atoms with Crippen LogP contribution >= 0.6 is 0 Å². The Balaban J connectivity index is 1.56. The van der Waals surface area contributed by atoms with Crippen molar-refractivity contribution in [2.24, 2.45) is 5.92 Å². The summed E-state index contributed by atoms with van der Waals surface area (Å²) in [5, 5.41) is 0. The summed E-state index contributed by atoms with van der Waals surface area (Å²) in [5.74, 6) is 0.424. The van der Waals surface area contributed by atoms with Gasteiger partial charge in [0.15, 0.2) is 0 Å². The van der Waals surface area contributed by atoms with Gasteiger partial charge in [-0.3, -0.25) is 4.79 Å². The summed E-state index contributed by atoms with van der Waals surface area (Å²) in [6.45, 7) is 6.04. The molecule has 212 valence electrons. The molecular weight excluding hydrogens is 470 g/mol. The lowest BCUT2D eigenvalue weighted by Crippen LogP contribution is -2.40. The first kappa shape index (κ1) is 31.9. The van der Waals surface area contributed by atoms with E-state index in [1.165, 1.54) is 81.8 Å². The summed E-state index contributed by atoms with van der Waals surface area (Å²) in [7, 11) is 4.41. The fourth-order valence-corrected chi connectivity index (χ4v) is 4.90. The van der Waals surface area contributed by atoms with Crippen LogP contribution in [0.25, 0.3) is 0 Å². The summed E-state index contributed by atoms with van der Waals surface area (Å²) in [5.41, 5.74) is 2.60. The van der Waals surface area contributed by atoms with Crippen LogP contribution < -0.4 is 4.74 Å². The van der Waals surface area contributed by atoms with Gasteiger partial charge in [0.25, 0.3) is 0 Å². The Morgan fingerprint density at radius 3 is 2.05 bits per heavy atom. The molecule has 0 spiro atoms. The number of aryl methyl sites for hydroxylation is 1. The molecule has 4 nitrogen and oxygen atoms in total. The third-order valence-electron chi connectivity index (χ3n) is 7.42. The number of carbonyl (C=O) groups excluding carboxylic acids is 1. The van der Waals surface area contributed by atoms with Crippen molar-refractivity contribution in [3.63, 3.8) is 0 Å². The third kappa shape index (κ3) is 14.6. The average molecular weight is 525 g/mol. The number of ether oxygens (including phenoxy) is 2. The molecule has 2 aromatic rings. The first-order chi connectivity index (χ1) is 18.4. The predicted octanol–water partition coefficient (Wildman–Crippen LogP) is 8.72. The van der Waals surface area contributed by atoms with Crippen molar-refractivity contribution in [3.05, 3.63) is 65.7 Å². The van der Waals surface area contributed by atoms with Gasteiger partial charge in [-0.25, -0.2) is 0 Å². The highest BCUT2D eigenvalue weighted by Gasteiger charge is 2.21. The average Bonchev–Trinajstić information content (AvgIpc) is 2.91. The molecule has 1 atom stereocenters. The van der Waals surface area contributed by atoms with Gasteiger partial charge in [0.2, 0.25) is 6.79 Å². The smallest absolute Gasteiger partial charge is 0.311 e. The highest BCUT2D eigenvalue weighted by molar-refractivity contribution is 5.71. The number of nitrogens with zero attached hydrogens (tertiary/aromatic N) is 1. The van der Waals surface area contributed by atoms with Crippen LogP contribution in [0.2, 0.25) is 0 Å². The Labute approximate surface area is 233 Å². The molecule has 0 aliphatic rings. The van der Waals surface area contributed by atoms with Crippen molar-refractivity contribution in [3.8, 4) is 5.75 Å². The predicted molar refractivity (Wildman–Crippen MR) is 159 cm³/mol. The molecular formula is C34H54NO3+. The number of unbranched alkanes of at least 4 members (excludes halogenated alkanes) is 10. The van der Waals surface area contributed by atoms with E-state index in [1.54, 1.807) is 0 Å². The second-order valence-corrected chi connectivity index (χ2v) is 11.7. The Morgan fingerprint density at radius 2 is 1.39 bits per heavy atom. The number of quaternary nitrogens is 1. The number of benzene rings is 2. The number of hydrogen-bond acceptors (Lipinski definition) is 3. The standard InChI is InChI=1S/C34H54NO3/c1-5-6-7-8-9-10-11-12-13-14-16-20-31-23-19-24-33(27-31)37-29-38-34(36)30(2)25-26-35(3,4)28-32-21-17-15-18-22-32/h15,17-19,21-24,27,30H,5-14,16,20,25-26,28-29H2,1-4H3/q+1. The van der Waals surface area contributed by atoms with E-state index in [4.69, 9.17) is 9.47 Å². The molecule has 0 aromatic heterocycles. The van der Waals surface area contributed by atoms with Crippen molar-refractivity contribution in [2.45, 2.75) is 104 Å². The van der Waals surface area contributed by atoms with Crippen LogP contribution in [0.1, 0.15) is 102 Å². The van der Waals surface area contributed by atoms with Gasteiger partial charge in [-0.2, -0.15) is 0 Å². The fraction of sp³-hybridized carbons (Fsp3) is 0.618. The summed E-state index contributed by atoms with van der Waals surface area (Å²) < 4.78 is 12.0. The van der Waals surface area contributed by atoms with Crippen LogP contribution in [0, 0.1) is 5.92 Å². The maximum Gasteiger partial charge on any atom is 0.311 e. The van der Waals surface area contributed by atoms with Gasteiger partial charge in [0, 0.05) is 12.0 Å². The van der Waals surface area contributed by atoms with Crippen molar-refractivity contribution < 1.29 is 18.8 Å². The maximum atomic E-state index is 12.5. The van der Waals surface area contributed by atoms with Crippen LogP contribution in [0.5, 0.6) is 5.75 Å². The third-order valence-corrected chi connectivity index (χ3v) is 7.42. The summed E-state index contributed by atoms with van der Waals surface area (Å²) in [4.78, 5) is 12.5. The van der Waals surface area contributed by atoms with Crippen molar-refractivity contribution in [2.75, 3.05) is 27.4 Å². The topological polar surface area (TPSA) is 35.5 Å². The van der Waals surface area contributed by atoms with Gasteiger partial charge >= 0.3 is 5.97 Å². The minimum atomic E-state index is -0.193. The molecule has 2 aromatic carbocycles. The first-order valence-corrected chi connectivity index (χ1v) is 15.1. The minimum absolute atomic E-state index is 0.0344. The van der Waals surface area contributed by atoms with Gasteiger partial charge in [0.05, 0.1) is 26.6 Å². The second-order valence-electron chi connectivity index (χ2n) is 11.7. The normalized spacial score (nSPS) is 12.3. The lowest BCUT2D eigenvalue weighted by molar-refractivity contribution is -0.904. The number of rotatable bonds is 21. The van der Waals surface area contributed by atoms with Crippen molar-refractivity contribution >= 4 is 5.97 Å². The van der Waals surface area contributed by atoms with Gasteiger partial charge in [-0.15, -0.1) is 0 Å². The molecule has 0 heterocycles. The molecule has 2 rings (SSSR count). The van der Waals surface area contributed by atoms with Crippen LogP contribution in [-0.2, 0) is 22.5 Å². The lowest BCUT2D eigenvalue weighted by Gasteiger charge is -2.30. The minimum Gasteiger partial charge on any atom is -0.457 e. The molecule has 1 unspecified atom stereocenters. The molecule has 0 saturated carbocycles. The molecule has 0 bridgehead atoms. The number of esters is 1. The molecule has 0 N–H and O–H groups in total. The van der Waals surface area contributed by atoms with E-state index in [2.05, 4.69) is 57.4 Å². The zero-order chi connectivity index (χ0) is 27.5. The molecule has 0 saturated heterocycles. The molecule has 4 heteroatoms. The highest BCUT2D eigenvalue weighted by atomic mass is 16.7. The Bertz CT molecular complexity index is 880. The molecule has 38 heavy (non-hydrogen) atoms. The van der Waals surface area contributed by atoms with E-state index in [0.717, 1.165) is 36.2 Å². The first-order valence-electron chi connectivity index (χ1n) is 15.1. The van der Waals surface area contributed by atoms with Crippen molar-refractivity contribution in [1.29, 1.82) is 0 Å². The quantitative estimate of drug-likeness (QED) is 0.0709. The summed E-state index contributed by atoms with van der Waals surface area (Å²) in [6, 6.07) is 18.7. The molecule has 0 fully saturated rings. The molecule has 0 amide bonds. The van der Waals surface area contributed by atoms with Crippen LogP contribution in [0.4, 0.5) is 0 Å². The molecule has 0 aliphatic carbocycles. The maximum absolute atomic E-state index is 12.5. The van der Waals surface area contributed by atoms with Crippen molar-refractivity contribution in [1.82, 2.24) is 0 Å². The van der Waals surface area contributed by atoms with Gasteiger partial charge < -0.3 is 14.0 Å². The zero-order valence-electron chi connectivity index (χ0n) is 24.8. The molecule has 0 radical (unpaired) electrons. The highest BCUT2D eigenvalue weighted by Crippen LogP contribution is 2.18. The van der Waals surface area contributed by atoms with Crippen LogP contribution in [-0.4, -0.2) is 37.9 Å². The van der Waals surface area contributed by atoms with E-state index >= 15 is 0 Å². The Morgan fingerprint density at radius 1 is 0.789 bits per heavy atom. The van der Waals surface area contributed by atoms with Gasteiger partial charge in [0.1, 0.15) is 12.3 Å². The number of hydrogen-bond donors (Lipinski definition) is 0. The number of carbonyl (C=O) groups is 1. The van der Waals surface area contributed by atoms with E-state index in [0.29, 0.717) is 0 Å². The molecule has 0 aliphatic heterocycles. The van der Waals surface area contributed by atoms with Gasteiger partial charge in [-0.05, 0) is 30.5 Å². The van der Waals surface area contributed by atoms with E-state index in [-0.39, 0.29) is 18.7 Å². The van der Waals surface area contributed by atoms with E-state index in [1.807, 2.05) is 25.1 Å². The largest absolute Gasteiger partial charge is 0.457 e. The Hall–Kier alpha value is -2.33. The lowest BCUT2D eigenvalue weighted by atomic mass is 10.0. The fourth-order valence-electron chi connectivity index (χ4n) is 4.90. The van der Waals surface area contributed by atoms with Crippen LogP contribution in [0.15, 0.2) is 54.6 Å². The Kier molecular flexibility index (Phi) is 15.8. The SMILES string of the molecule is CCCCCCCCCCCCCc1cccc(OCOC(=O)C(C)CC[N+](C)(C)Cc2ccccc2)c1.